The van der Waals surface area contributed by atoms with E-state index < -0.39 is 45.1 Å². The molecule has 0 radical (unpaired) electrons. The van der Waals surface area contributed by atoms with Crippen molar-refractivity contribution in [3.8, 4) is 0 Å². The Kier molecular flexibility index (Phi) is 4.41. The molecular weight excluding hydrogens is 247 g/mol. The molecule has 0 amide bonds. The van der Waals surface area contributed by atoms with Gasteiger partial charge in [0.2, 0.25) is 0 Å². The lowest BCUT2D eigenvalue weighted by molar-refractivity contribution is -0.280. The van der Waals surface area contributed by atoms with Crippen molar-refractivity contribution < 1.29 is 44.0 Å². The van der Waals surface area contributed by atoms with Crippen molar-refractivity contribution in [1.82, 2.24) is 0 Å². The van der Waals surface area contributed by atoms with Crippen LogP contribution >= 0.6 is 7.82 Å². The fourth-order valence-corrected chi connectivity index (χ4v) is 1.73. The number of phosphoric acid groups is 1. The fourth-order valence-electron chi connectivity index (χ4n) is 1.29. The molecule has 0 saturated carbocycles. The van der Waals surface area contributed by atoms with Crippen molar-refractivity contribution >= 4 is 7.82 Å². The van der Waals surface area contributed by atoms with Gasteiger partial charge in [-0.15, -0.1) is 0 Å². The van der Waals surface area contributed by atoms with Crippen LogP contribution in [0.3, 0.4) is 0 Å². The number of rotatable bonds is 3. The van der Waals surface area contributed by atoms with Crippen LogP contribution in [0.25, 0.3) is 0 Å². The monoisotopic (exact) mass is 260 g/mol. The molecule has 0 aliphatic carbocycles. The van der Waals surface area contributed by atoms with Gasteiger partial charge in [0.15, 0.2) is 6.29 Å². The number of hydrogen-bond donors (Lipinski definition) is 6. The minimum absolute atomic E-state index is 0.702. The summed E-state index contributed by atoms with van der Waals surface area (Å²) < 4.78 is 19.2. The second kappa shape index (κ2) is 5.05. The van der Waals surface area contributed by atoms with Gasteiger partial charge in [0, 0.05) is 0 Å². The first-order valence-corrected chi connectivity index (χ1v) is 5.83. The zero-order chi connectivity index (χ0) is 12.5. The van der Waals surface area contributed by atoms with Crippen molar-refractivity contribution in [3.05, 3.63) is 0 Å². The summed E-state index contributed by atoms with van der Waals surface area (Å²) in [6.45, 7) is -0.702. The highest BCUT2D eigenvalue weighted by Gasteiger charge is 2.46. The summed E-state index contributed by atoms with van der Waals surface area (Å²) in [7, 11) is -4.91. The molecule has 0 bridgehead atoms. The van der Waals surface area contributed by atoms with E-state index in [2.05, 4.69) is 9.26 Å². The molecule has 0 aromatic carbocycles. The van der Waals surface area contributed by atoms with E-state index in [1.165, 1.54) is 0 Å². The third-order valence-electron chi connectivity index (χ3n) is 2.09. The summed E-state index contributed by atoms with van der Waals surface area (Å²) in [5, 5.41) is 36.6. The van der Waals surface area contributed by atoms with Crippen LogP contribution in [-0.4, -0.2) is 67.5 Å². The van der Waals surface area contributed by atoms with E-state index in [0.29, 0.717) is 0 Å². The Hall–Kier alpha value is -0.0900. The van der Waals surface area contributed by atoms with Gasteiger partial charge in [-0.05, 0) is 0 Å². The van der Waals surface area contributed by atoms with Gasteiger partial charge in [-0.3, -0.25) is 4.52 Å². The topological polar surface area (TPSA) is 157 Å². The Morgan fingerprint density at radius 2 is 1.69 bits per heavy atom. The normalized spacial score (nSPS) is 41.0. The molecule has 0 spiro atoms. The Bertz CT molecular complexity index is 275. The molecule has 96 valence electrons. The van der Waals surface area contributed by atoms with Gasteiger partial charge >= 0.3 is 7.82 Å². The van der Waals surface area contributed by atoms with Crippen molar-refractivity contribution in [2.75, 3.05) is 6.61 Å². The third-order valence-corrected chi connectivity index (χ3v) is 2.57. The van der Waals surface area contributed by atoms with Gasteiger partial charge in [0.05, 0.1) is 6.61 Å². The lowest BCUT2D eigenvalue weighted by Crippen LogP contribution is -2.58. The summed E-state index contributed by atoms with van der Waals surface area (Å²) in [5.41, 5.74) is 0. The molecule has 9 nitrogen and oxygen atoms in total. The first-order chi connectivity index (χ1) is 7.26. The zero-order valence-electron chi connectivity index (χ0n) is 7.95. The zero-order valence-corrected chi connectivity index (χ0v) is 8.84. The molecule has 0 aromatic rings. The maximum atomic E-state index is 10.5. The second-order valence-electron chi connectivity index (χ2n) is 3.29. The van der Waals surface area contributed by atoms with E-state index in [1.807, 2.05) is 0 Å². The Labute approximate surface area is 90.1 Å². The number of ether oxygens (including phenoxy) is 1. The highest BCUT2D eigenvalue weighted by atomic mass is 31.2. The molecule has 1 unspecified atom stereocenters. The van der Waals surface area contributed by atoms with Crippen LogP contribution in [0.2, 0.25) is 0 Å². The Morgan fingerprint density at radius 3 is 2.12 bits per heavy atom. The van der Waals surface area contributed by atoms with E-state index >= 15 is 0 Å². The van der Waals surface area contributed by atoms with Crippen LogP contribution in [-0.2, 0) is 13.8 Å². The number of aliphatic hydroxyl groups excluding tert-OH is 4. The molecule has 1 aliphatic heterocycles. The highest BCUT2D eigenvalue weighted by molar-refractivity contribution is 7.46. The summed E-state index contributed by atoms with van der Waals surface area (Å²) in [6.07, 6.45) is -8.25. The Morgan fingerprint density at radius 1 is 1.12 bits per heavy atom. The lowest BCUT2D eigenvalue weighted by Gasteiger charge is -2.39. The van der Waals surface area contributed by atoms with E-state index in [1.54, 1.807) is 0 Å². The second-order valence-corrected chi connectivity index (χ2v) is 4.49. The van der Waals surface area contributed by atoms with E-state index in [4.69, 9.17) is 14.9 Å². The highest BCUT2D eigenvalue weighted by Crippen LogP contribution is 2.40. The average Bonchev–Trinajstić information content (AvgIpc) is 2.17. The van der Waals surface area contributed by atoms with Crippen molar-refractivity contribution in [3.63, 3.8) is 0 Å². The van der Waals surface area contributed by atoms with Gasteiger partial charge in [0.25, 0.3) is 0 Å². The van der Waals surface area contributed by atoms with Gasteiger partial charge in [-0.2, -0.15) is 0 Å². The third kappa shape index (κ3) is 3.20. The molecule has 0 aromatic heterocycles. The maximum Gasteiger partial charge on any atom is 0.472 e. The first kappa shape index (κ1) is 14.0. The molecule has 1 aliphatic rings. The summed E-state index contributed by atoms with van der Waals surface area (Å²) in [4.78, 5) is 17.0. The predicted molar refractivity (Wildman–Crippen MR) is 46.9 cm³/mol. The molecular formula is C6H13O9P. The van der Waals surface area contributed by atoms with Crippen LogP contribution in [0, 0.1) is 0 Å². The van der Waals surface area contributed by atoms with Crippen LogP contribution in [0.4, 0.5) is 0 Å². The molecule has 5 atom stereocenters. The van der Waals surface area contributed by atoms with Crippen LogP contribution in [0.15, 0.2) is 0 Å². The van der Waals surface area contributed by atoms with Gasteiger partial charge in [0.1, 0.15) is 24.4 Å². The molecule has 6 N–H and O–H groups in total. The molecule has 1 saturated heterocycles. The maximum absolute atomic E-state index is 10.5. The minimum atomic E-state index is -4.91. The van der Waals surface area contributed by atoms with Crippen LogP contribution < -0.4 is 0 Å². The molecule has 1 fully saturated rings. The van der Waals surface area contributed by atoms with Gasteiger partial charge in [-0.1, -0.05) is 0 Å². The van der Waals surface area contributed by atoms with E-state index in [9.17, 15) is 19.9 Å². The van der Waals surface area contributed by atoms with Gasteiger partial charge < -0.3 is 34.9 Å². The fraction of sp³-hybridized carbons (Fsp3) is 1.00. The van der Waals surface area contributed by atoms with Crippen molar-refractivity contribution in [2.24, 2.45) is 0 Å². The van der Waals surface area contributed by atoms with Crippen LogP contribution in [0.5, 0.6) is 0 Å². The SMILES string of the molecule is O=P(O)(O)OC1O[C@H](CO)[C@H](O)[C@@H](O)[C@H]1O. The number of aliphatic hydroxyl groups is 4. The standard InChI is InChI=1S/C6H13O9P/c7-1-2-3(8)4(9)5(10)6(14-2)15-16(11,12)13/h2-10H,1H2,(H2,11,12,13)/t2-,3+,4-,5-,6?/m1/s1. The predicted octanol–water partition coefficient (Wildman–Crippen LogP) is -3.10. The summed E-state index contributed by atoms with van der Waals surface area (Å²) in [5.74, 6) is 0. The Balaban J connectivity index is 2.75. The van der Waals surface area contributed by atoms with Crippen molar-refractivity contribution in [1.29, 1.82) is 0 Å². The van der Waals surface area contributed by atoms with E-state index in [0.717, 1.165) is 0 Å². The average molecular weight is 260 g/mol. The smallest absolute Gasteiger partial charge is 0.394 e. The first-order valence-electron chi connectivity index (χ1n) is 4.30. The molecule has 1 rings (SSSR count). The number of phosphoric ester groups is 1. The van der Waals surface area contributed by atoms with Crippen LogP contribution in [0.1, 0.15) is 0 Å². The lowest BCUT2D eigenvalue weighted by atomic mass is 10.00. The quantitative estimate of drug-likeness (QED) is 0.289. The summed E-state index contributed by atoms with van der Waals surface area (Å²) in [6, 6.07) is 0. The molecule has 1 heterocycles. The molecule has 10 heteroatoms. The van der Waals surface area contributed by atoms with Crippen molar-refractivity contribution in [2.45, 2.75) is 30.7 Å². The van der Waals surface area contributed by atoms with Gasteiger partial charge in [-0.25, -0.2) is 4.57 Å². The summed E-state index contributed by atoms with van der Waals surface area (Å²) >= 11 is 0. The number of hydrogen-bond acceptors (Lipinski definition) is 7. The van der Waals surface area contributed by atoms with E-state index in [-0.39, 0.29) is 0 Å². The largest absolute Gasteiger partial charge is 0.472 e. The minimum Gasteiger partial charge on any atom is -0.394 e. The molecule has 16 heavy (non-hydrogen) atoms.